The fourth-order valence-electron chi connectivity index (χ4n) is 5.43. The monoisotopic (exact) mass is 756 g/mol. The fourth-order valence-corrected chi connectivity index (χ4v) is 6.16. The Bertz CT molecular complexity index is 991. The van der Waals surface area contributed by atoms with Crippen molar-refractivity contribution >= 4 is 19.8 Å². The molecule has 0 aliphatic heterocycles. The summed E-state index contributed by atoms with van der Waals surface area (Å²) < 4.78 is 33.8. The lowest BCUT2D eigenvalue weighted by Crippen LogP contribution is -2.37. The first kappa shape index (κ1) is 50.2. The first-order valence-electron chi connectivity index (χ1n) is 20.7. The molecule has 304 valence electrons. The van der Waals surface area contributed by atoms with Gasteiger partial charge in [0.25, 0.3) is 7.82 Å². The molecule has 0 aromatic heterocycles. The van der Waals surface area contributed by atoms with Crippen molar-refractivity contribution in [3.05, 3.63) is 36.5 Å². The summed E-state index contributed by atoms with van der Waals surface area (Å²) in [6, 6.07) is 0. The van der Waals surface area contributed by atoms with Crippen molar-refractivity contribution in [3.8, 4) is 0 Å². The third-order valence-electron chi connectivity index (χ3n) is 8.67. The Kier molecular flexibility index (Phi) is 33.8. The molecule has 0 aromatic rings. The summed E-state index contributed by atoms with van der Waals surface area (Å²) in [5, 5.41) is 0. The molecule has 0 saturated heterocycles. The van der Waals surface area contributed by atoms with Crippen LogP contribution in [0, 0.1) is 0 Å². The Labute approximate surface area is 319 Å². The van der Waals surface area contributed by atoms with Crippen LogP contribution < -0.4 is 4.89 Å². The molecular weight excluding hydrogens is 677 g/mol. The van der Waals surface area contributed by atoms with Crippen molar-refractivity contribution in [2.45, 2.75) is 174 Å². The molecule has 9 nitrogen and oxygen atoms in total. The van der Waals surface area contributed by atoms with Gasteiger partial charge in [-0.1, -0.05) is 147 Å². The van der Waals surface area contributed by atoms with Crippen LogP contribution in [0.4, 0.5) is 0 Å². The van der Waals surface area contributed by atoms with Gasteiger partial charge in [0.1, 0.15) is 19.8 Å². The summed E-state index contributed by atoms with van der Waals surface area (Å²) in [4.78, 5) is 37.4. The van der Waals surface area contributed by atoms with Crippen molar-refractivity contribution in [1.29, 1.82) is 0 Å². The molecule has 0 saturated carbocycles. The van der Waals surface area contributed by atoms with Crippen LogP contribution in [0.1, 0.15) is 168 Å². The van der Waals surface area contributed by atoms with Gasteiger partial charge in [0, 0.05) is 12.8 Å². The zero-order chi connectivity index (χ0) is 38.6. The number of unbranched alkanes of at least 4 members (excludes halogenated alkanes) is 17. The van der Waals surface area contributed by atoms with Crippen LogP contribution in [-0.2, 0) is 32.7 Å². The van der Waals surface area contributed by atoms with Gasteiger partial charge in [-0.2, -0.15) is 0 Å². The van der Waals surface area contributed by atoms with Gasteiger partial charge < -0.3 is 27.9 Å². The number of carbonyl (C=O) groups excluding carboxylic acids is 2. The van der Waals surface area contributed by atoms with Crippen LogP contribution in [0.5, 0.6) is 0 Å². The van der Waals surface area contributed by atoms with E-state index in [4.69, 9.17) is 18.5 Å². The number of likely N-dealkylation sites (N-methyl/N-ethyl adjacent to an activating group) is 1. The molecule has 52 heavy (non-hydrogen) atoms. The first-order valence-corrected chi connectivity index (χ1v) is 22.2. The molecule has 0 aliphatic rings. The maximum absolute atomic E-state index is 12.6. The number of phosphoric acid groups is 1. The summed E-state index contributed by atoms with van der Waals surface area (Å²) >= 11 is 0. The molecule has 0 amide bonds. The van der Waals surface area contributed by atoms with E-state index in [1.54, 1.807) is 0 Å². The highest BCUT2D eigenvalue weighted by atomic mass is 31.2. The number of esters is 2. The summed E-state index contributed by atoms with van der Waals surface area (Å²) in [6.45, 7) is 4.09. The summed E-state index contributed by atoms with van der Waals surface area (Å²) in [6.07, 6.45) is 37.4. The van der Waals surface area contributed by atoms with Crippen LogP contribution in [0.3, 0.4) is 0 Å². The molecule has 10 heteroatoms. The minimum absolute atomic E-state index is 0.0332. The van der Waals surface area contributed by atoms with Crippen LogP contribution in [0.15, 0.2) is 36.5 Å². The zero-order valence-corrected chi connectivity index (χ0v) is 34.9. The quantitative estimate of drug-likeness (QED) is 0.0203. The molecule has 2 atom stereocenters. The minimum Gasteiger partial charge on any atom is -0.756 e. The Morgan fingerprint density at radius 3 is 1.63 bits per heavy atom. The summed E-state index contributed by atoms with van der Waals surface area (Å²) in [7, 11) is 1.15. The molecule has 0 fully saturated rings. The highest BCUT2D eigenvalue weighted by Gasteiger charge is 2.21. The number of phosphoric ester groups is 1. The lowest BCUT2D eigenvalue weighted by atomic mass is 10.0. The van der Waals surface area contributed by atoms with E-state index < -0.39 is 32.5 Å². The summed E-state index contributed by atoms with van der Waals surface area (Å²) in [5.41, 5.74) is 0. The predicted octanol–water partition coefficient (Wildman–Crippen LogP) is 10.7. The zero-order valence-electron chi connectivity index (χ0n) is 34.0. The third kappa shape index (κ3) is 38.0. The Morgan fingerprint density at radius 1 is 0.615 bits per heavy atom. The topological polar surface area (TPSA) is 111 Å². The van der Waals surface area contributed by atoms with Crippen LogP contribution >= 0.6 is 7.82 Å². The number of nitrogens with zero attached hydrogens (tertiary/aromatic N) is 1. The highest BCUT2D eigenvalue weighted by Crippen LogP contribution is 2.38. The SMILES string of the molecule is CC/C=C/C/C=C/C/C=C/CCCCCCCC(=O)OC[C@H](COP(=O)([O-])OCC[N+](C)(C)C)OC(=O)CCCCCCCCCCCCCCC. The Morgan fingerprint density at radius 2 is 1.10 bits per heavy atom. The second kappa shape index (κ2) is 35.0. The van der Waals surface area contributed by atoms with Gasteiger partial charge in [-0.3, -0.25) is 14.2 Å². The lowest BCUT2D eigenvalue weighted by Gasteiger charge is -2.28. The van der Waals surface area contributed by atoms with Gasteiger partial charge in [-0.05, 0) is 44.9 Å². The van der Waals surface area contributed by atoms with Gasteiger partial charge in [0.15, 0.2) is 6.10 Å². The van der Waals surface area contributed by atoms with E-state index in [2.05, 4.69) is 50.3 Å². The second-order valence-electron chi connectivity index (χ2n) is 15.0. The highest BCUT2D eigenvalue weighted by molar-refractivity contribution is 7.45. The van der Waals surface area contributed by atoms with Crippen LogP contribution in [0.25, 0.3) is 0 Å². The molecule has 0 N–H and O–H groups in total. The van der Waals surface area contributed by atoms with E-state index in [9.17, 15) is 19.0 Å². The van der Waals surface area contributed by atoms with Gasteiger partial charge in [-0.15, -0.1) is 0 Å². The second-order valence-corrected chi connectivity index (χ2v) is 16.4. The Hall–Kier alpha value is -1.77. The minimum atomic E-state index is -4.62. The molecule has 0 radical (unpaired) electrons. The fraction of sp³-hybridized carbons (Fsp3) is 0.810. The molecule has 0 heterocycles. The van der Waals surface area contributed by atoms with Gasteiger partial charge >= 0.3 is 11.9 Å². The van der Waals surface area contributed by atoms with Crippen LogP contribution in [0.2, 0.25) is 0 Å². The number of carbonyl (C=O) groups is 2. The van der Waals surface area contributed by atoms with Gasteiger partial charge in [-0.25, -0.2) is 0 Å². The van der Waals surface area contributed by atoms with E-state index >= 15 is 0 Å². The van der Waals surface area contributed by atoms with E-state index in [0.29, 0.717) is 23.9 Å². The van der Waals surface area contributed by atoms with E-state index in [-0.39, 0.29) is 26.1 Å². The number of hydrogen-bond donors (Lipinski definition) is 0. The average molecular weight is 756 g/mol. The number of quaternary nitrogens is 1. The standard InChI is InChI=1S/C42H78NO8P/c1-6-8-10-12-14-16-18-20-21-23-24-26-28-30-32-34-41(44)48-38-40(39-50-52(46,47)49-37-36-43(3,4)5)51-42(45)35-33-31-29-27-25-22-19-17-15-13-11-9-7-2/h8,10,14,16,20-21,40H,6-7,9,11-13,15,17-19,22-39H2,1-5H3/b10-8+,16-14+,21-20+/t40-/m1/s1. The van der Waals surface area contributed by atoms with Crippen molar-refractivity contribution in [1.82, 2.24) is 0 Å². The maximum Gasteiger partial charge on any atom is 0.306 e. The largest absolute Gasteiger partial charge is 0.756 e. The molecule has 0 bridgehead atoms. The summed E-state index contributed by atoms with van der Waals surface area (Å²) in [5.74, 6) is -0.853. The van der Waals surface area contributed by atoms with Gasteiger partial charge in [0.05, 0.1) is 27.7 Å². The van der Waals surface area contributed by atoms with Crippen molar-refractivity contribution in [3.63, 3.8) is 0 Å². The number of allylic oxidation sites excluding steroid dienone is 6. The van der Waals surface area contributed by atoms with Crippen LogP contribution in [-0.4, -0.2) is 70.0 Å². The molecule has 0 rings (SSSR count). The number of ether oxygens (including phenoxy) is 2. The smallest absolute Gasteiger partial charge is 0.306 e. The number of rotatable bonds is 37. The first-order chi connectivity index (χ1) is 25.0. The Balaban J connectivity index is 4.41. The van der Waals surface area contributed by atoms with Crippen molar-refractivity contribution in [2.75, 3.05) is 47.5 Å². The lowest BCUT2D eigenvalue weighted by molar-refractivity contribution is -0.870. The third-order valence-corrected chi connectivity index (χ3v) is 9.64. The van der Waals surface area contributed by atoms with Gasteiger partial charge in [0.2, 0.25) is 0 Å². The maximum atomic E-state index is 12.6. The van der Waals surface area contributed by atoms with Crippen molar-refractivity contribution < 1.29 is 42.1 Å². The normalized spacial score (nSPS) is 14.0. The molecular formula is C42H78NO8P. The van der Waals surface area contributed by atoms with Crippen molar-refractivity contribution in [2.24, 2.45) is 0 Å². The van der Waals surface area contributed by atoms with E-state index in [1.165, 1.54) is 57.8 Å². The molecule has 0 aromatic carbocycles. The average Bonchev–Trinajstić information content (AvgIpc) is 3.09. The molecule has 1 unspecified atom stereocenters. The van der Waals surface area contributed by atoms with E-state index in [0.717, 1.165) is 70.6 Å². The molecule has 0 spiro atoms. The van der Waals surface area contributed by atoms with E-state index in [1.807, 2.05) is 21.1 Å². The molecule has 0 aliphatic carbocycles. The predicted molar refractivity (Wildman–Crippen MR) is 213 cm³/mol. The number of hydrogen-bond acceptors (Lipinski definition) is 8.